The van der Waals surface area contributed by atoms with E-state index in [-0.39, 0.29) is 17.7 Å². The maximum absolute atomic E-state index is 13.1. The summed E-state index contributed by atoms with van der Waals surface area (Å²) in [5, 5.41) is 0.824. The van der Waals surface area contributed by atoms with Gasteiger partial charge in [0, 0.05) is 33.7 Å². The maximum Gasteiger partial charge on any atom is 0.293 e. The molecule has 0 atom stereocenters. The fourth-order valence-corrected chi connectivity index (χ4v) is 5.05. The maximum atomic E-state index is 13.1. The van der Waals surface area contributed by atoms with E-state index in [0.717, 1.165) is 50.4 Å². The molecule has 33 heavy (non-hydrogen) atoms. The third kappa shape index (κ3) is 4.54. The summed E-state index contributed by atoms with van der Waals surface area (Å²) >= 11 is 4.49. The van der Waals surface area contributed by atoms with Crippen LogP contribution in [0.15, 0.2) is 88.4 Å². The number of hydrogen-bond donors (Lipinski definition) is 0. The van der Waals surface area contributed by atoms with Gasteiger partial charge in [0.25, 0.3) is 11.1 Å². The van der Waals surface area contributed by atoms with Crippen LogP contribution in [0.4, 0.5) is 4.79 Å². The molecule has 2 heterocycles. The summed E-state index contributed by atoms with van der Waals surface area (Å²) in [6.45, 7) is 3.02. The molecule has 0 radical (unpaired) electrons. The number of benzene rings is 3. The number of aromatic nitrogens is 1. The number of hydrogen-bond acceptors (Lipinski definition) is 3. The van der Waals surface area contributed by atoms with Crippen molar-refractivity contribution < 1.29 is 9.59 Å². The summed E-state index contributed by atoms with van der Waals surface area (Å²) in [4.78, 5) is 27.5. The van der Waals surface area contributed by atoms with Crippen LogP contribution in [0.5, 0.6) is 0 Å². The number of para-hydroxylation sites is 1. The van der Waals surface area contributed by atoms with Gasteiger partial charge in [0.1, 0.15) is 0 Å². The zero-order valence-electron chi connectivity index (χ0n) is 18.0. The number of aryl methyl sites for hydroxylation is 1. The predicted octanol–water partition coefficient (Wildman–Crippen LogP) is 7.00. The van der Waals surface area contributed by atoms with E-state index in [0.29, 0.717) is 4.91 Å². The Balaban J connectivity index is 1.45. The lowest BCUT2D eigenvalue weighted by Crippen LogP contribution is -2.27. The summed E-state index contributed by atoms with van der Waals surface area (Å²) in [6.07, 6.45) is 3.90. The number of imide groups is 1. The molecule has 5 rings (SSSR count). The second-order valence-electron chi connectivity index (χ2n) is 8.11. The molecule has 0 aliphatic carbocycles. The molecule has 0 spiro atoms. The van der Waals surface area contributed by atoms with Crippen LogP contribution in [0.25, 0.3) is 17.0 Å². The molecule has 3 aromatic carbocycles. The Labute approximate surface area is 205 Å². The molecule has 164 valence electrons. The molecule has 0 unspecified atom stereocenters. The zero-order valence-corrected chi connectivity index (χ0v) is 20.4. The molecule has 1 aliphatic heterocycles. The Morgan fingerprint density at radius 3 is 2.30 bits per heavy atom. The van der Waals surface area contributed by atoms with Crippen molar-refractivity contribution in [2.75, 3.05) is 0 Å². The highest BCUT2D eigenvalue weighted by Crippen LogP contribution is 2.35. The van der Waals surface area contributed by atoms with E-state index in [4.69, 9.17) is 0 Å². The van der Waals surface area contributed by atoms with Gasteiger partial charge in [-0.25, -0.2) is 0 Å². The normalized spacial score (nSPS) is 15.2. The molecular formula is C27H21BrN2O2S. The highest BCUT2D eigenvalue weighted by molar-refractivity contribution is 9.10. The molecule has 0 saturated carbocycles. The Bertz CT molecular complexity index is 1390. The van der Waals surface area contributed by atoms with Crippen LogP contribution in [-0.2, 0) is 17.9 Å². The van der Waals surface area contributed by atoms with Crippen LogP contribution in [-0.4, -0.2) is 20.6 Å². The first-order chi connectivity index (χ1) is 16.0. The molecule has 1 fully saturated rings. The van der Waals surface area contributed by atoms with Gasteiger partial charge in [0.2, 0.25) is 0 Å². The SMILES string of the molecule is Cc1ccc(CN2C(=O)S/C(=C\c3cn(Cc4ccc(Br)cc4)c4ccccc34)C2=O)cc1. The largest absolute Gasteiger partial charge is 0.342 e. The molecular weight excluding hydrogens is 496 g/mol. The van der Waals surface area contributed by atoms with E-state index >= 15 is 0 Å². The van der Waals surface area contributed by atoms with Crippen LogP contribution in [0.1, 0.15) is 22.3 Å². The van der Waals surface area contributed by atoms with Gasteiger partial charge >= 0.3 is 0 Å². The van der Waals surface area contributed by atoms with Gasteiger partial charge < -0.3 is 4.57 Å². The molecule has 0 N–H and O–H groups in total. The smallest absolute Gasteiger partial charge is 0.293 e. The zero-order chi connectivity index (χ0) is 22.9. The number of thioether (sulfide) groups is 1. The van der Waals surface area contributed by atoms with E-state index in [9.17, 15) is 9.59 Å². The number of halogens is 1. The van der Waals surface area contributed by atoms with Gasteiger partial charge in [-0.05, 0) is 54.1 Å². The van der Waals surface area contributed by atoms with E-state index < -0.39 is 0 Å². The van der Waals surface area contributed by atoms with E-state index in [1.54, 1.807) is 0 Å². The van der Waals surface area contributed by atoms with Crippen molar-refractivity contribution in [2.24, 2.45) is 0 Å². The minimum Gasteiger partial charge on any atom is -0.342 e. The standard InChI is InChI=1S/C27H21BrN2O2S/c1-18-6-8-20(9-7-18)16-30-26(31)25(33-27(30)32)14-21-17-29(24-5-3-2-4-23(21)24)15-19-10-12-22(28)13-11-19/h2-14,17H,15-16H2,1H3/b25-14-. The number of rotatable bonds is 5. The van der Waals surface area contributed by atoms with Crippen molar-refractivity contribution in [3.8, 4) is 0 Å². The second-order valence-corrected chi connectivity index (χ2v) is 10.0. The number of amides is 2. The highest BCUT2D eigenvalue weighted by Gasteiger charge is 2.35. The van der Waals surface area contributed by atoms with Crippen molar-refractivity contribution in [3.05, 3.63) is 111 Å². The first-order valence-electron chi connectivity index (χ1n) is 10.6. The Morgan fingerprint density at radius 1 is 0.879 bits per heavy atom. The molecule has 4 aromatic rings. The molecule has 1 aromatic heterocycles. The van der Waals surface area contributed by atoms with Crippen molar-refractivity contribution in [3.63, 3.8) is 0 Å². The fourth-order valence-electron chi connectivity index (χ4n) is 3.96. The van der Waals surface area contributed by atoms with Crippen molar-refractivity contribution in [1.82, 2.24) is 9.47 Å². The predicted molar refractivity (Wildman–Crippen MR) is 138 cm³/mol. The van der Waals surface area contributed by atoms with Gasteiger partial charge in [-0.3, -0.25) is 14.5 Å². The molecule has 4 nitrogen and oxygen atoms in total. The average molecular weight is 517 g/mol. The summed E-state index contributed by atoms with van der Waals surface area (Å²) in [6, 6.07) is 24.3. The lowest BCUT2D eigenvalue weighted by molar-refractivity contribution is -0.123. The lowest BCUT2D eigenvalue weighted by Gasteiger charge is -2.12. The molecule has 6 heteroatoms. The van der Waals surface area contributed by atoms with E-state index in [2.05, 4.69) is 51.0 Å². The first kappa shape index (κ1) is 21.7. The van der Waals surface area contributed by atoms with Crippen LogP contribution < -0.4 is 0 Å². The Hall–Kier alpha value is -3.09. The third-order valence-corrected chi connectivity index (χ3v) is 7.14. The quantitative estimate of drug-likeness (QED) is 0.268. The number of nitrogens with zero attached hydrogens (tertiary/aromatic N) is 2. The van der Waals surface area contributed by atoms with Crippen LogP contribution in [0.2, 0.25) is 0 Å². The Morgan fingerprint density at radius 2 is 1.55 bits per heavy atom. The van der Waals surface area contributed by atoms with Gasteiger partial charge in [0.05, 0.1) is 11.4 Å². The Kier molecular flexibility index (Phi) is 5.96. The molecule has 2 amide bonds. The highest BCUT2D eigenvalue weighted by atomic mass is 79.9. The summed E-state index contributed by atoms with van der Waals surface area (Å²) in [7, 11) is 0. The van der Waals surface area contributed by atoms with E-state index in [1.807, 2.05) is 61.5 Å². The fraction of sp³-hybridized carbons (Fsp3) is 0.111. The van der Waals surface area contributed by atoms with Crippen LogP contribution in [0, 0.1) is 6.92 Å². The van der Waals surface area contributed by atoms with Crippen LogP contribution >= 0.6 is 27.7 Å². The van der Waals surface area contributed by atoms with Crippen molar-refractivity contribution in [2.45, 2.75) is 20.0 Å². The number of carbonyl (C=O) groups excluding carboxylic acids is 2. The topological polar surface area (TPSA) is 42.3 Å². The molecule has 1 saturated heterocycles. The molecule has 0 bridgehead atoms. The minimum absolute atomic E-state index is 0.231. The third-order valence-electron chi connectivity index (χ3n) is 5.71. The van der Waals surface area contributed by atoms with Gasteiger partial charge in [0.15, 0.2) is 0 Å². The number of fused-ring (bicyclic) bond motifs is 1. The molecule has 1 aliphatic rings. The van der Waals surface area contributed by atoms with Gasteiger partial charge in [-0.1, -0.05) is 76.1 Å². The van der Waals surface area contributed by atoms with Gasteiger partial charge in [-0.2, -0.15) is 0 Å². The van der Waals surface area contributed by atoms with Crippen LogP contribution in [0.3, 0.4) is 0 Å². The van der Waals surface area contributed by atoms with Gasteiger partial charge in [-0.15, -0.1) is 0 Å². The second kappa shape index (κ2) is 9.04. The summed E-state index contributed by atoms with van der Waals surface area (Å²) in [5.74, 6) is -0.240. The minimum atomic E-state index is -0.240. The summed E-state index contributed by atoms with van der Waals surface area (Å²) < 4.78 is 3.23. The van der Waals surface area contributed by atoms with Crippen molar-refractivity contribution in [1.29, 1.82) is 0 Å². The van der Waals surface area contributed by atoms with Crippen molar-refractivity contribution >= 4 is 55.8 Å². The first-order valence-corrected chi connectivity index (χ1v) is 12.2. The summed E-state index contributed by atoms with van der Waals surface area (Å²) in [5.41, 5.74) is 5.29. The lowest BCUT2D eigenvalue weighted by atomic mass is 10.1. The van der Waals surface area contributed by atoms with E-state index in [1.165, 1.54) is 10.5 Å². The average Bonchev–Trinajstić information content (AvgIpc) is 3.29. The monoisotopic (exact) mass is 516 g/mol. The number of carbonyl (C=O) groups is 2.